The zero-order valence-corrected chi connectivity index (χ0v) is 16.0. The minimum absolute atomic E-state index is 0.0103. The molecule has 0 radical (unpaired) electrons. The SMILES string of the molecule is O=C(O)CC1(CC(=O)N2C[C@H](Cc3ccc4nccn4c3)[C@H](O)C2)CCCC1. The number of carbonyl (C=O) groups excluding carboxylic acids is 1. The van der Waals surface area contributed by atoms with Gasteiger partial charge in [0, 0.05) is 44.0 Å². The minimum atomic E-state index is -0.830. The van der Waals surface area contributed by atoms with Crippen molar-refractivity contribution in [3.63, 3.8) is 0 Å². The number of pyridine rings is 1. The number of nitrogens with zero attached hydrogens (tertiary/aromatic N) is 3. The van der Waals surface area contributed by atoms with Gasteiger partial charge < -0.3 is 19.5 Å². The molecule has 0 spiro atoms. The molecule has 2 fully saturated rings. The van der Waals surface area contributed by atoms with Crippen molar-refractivity contribution in [2.24, 2.45) is 11.3 Å². The third kappa shape index (κ3) is 3.90. The summed E-state index contributed by atoms with van der Waals surface area (Å²) in [5, 5.41) is 19.8. The Kier molecular flexibility index (Phi) is 5.10. The van der Waals surface area contributed by atoms with E-state index in [0.29, 0.717) is 19.5 Å². The highest BCUT2D eigenvalue weighted by Crippen LogP contribution is 2.44. The number of carboxylic acids is 1. The van der Waals surface area contributed by atoms with Gasteiger partial charge in [-0.05, 0) is 36.3 Å². The summed E-state index contributed by atoms with van der Waals surface area (Å²) in [6.07, 6.45) is 9.71. The van der Waals surface area contributed by atoms with Crippen LogP contribution in [0.5, 0.6) is 0 Å². The zero-order valence-electron chi connectivity index (χ0n) is 16.0. The van der Waals surface area contributed by atoms with Crippen LogP contribution in [0.3, 0.4) is 0 Å². The number of aromatic nitrogens is 2. The first-order valence-electron chi connectivity index (χ1n) is 10.0. The fraction of sp³-hybridized carbons (Fsp3) is 0.571. The molecular formula is C21H27N3O4. The molecular weight excluding hydrogens is 358 g/mol. The van der Waals surface area contributed by atoms with Gasteiger partial charge in [0.2, 0.25) is 5.91 Å². The van der Waals surface area contributed by atoms with Gasteiger partial charge in [-0.25, -0.2) is 4.98 Å². The molecule has 1 saturated carbocycles. The van der Waals surface area contributed by atoms with Crippen LogP contribution >= 0.6 is 0 Å². The number of β-amino-alcohol motifs (C(OH)–C–C–N with tert-alkyl or cyclic N) is 1. The third-order valence-corrected chi connectivity index (χ3v) is 6.42. The number of hydrogen-bond donors (Lipinski definition) is 2. The lowest BCUT2D eigenvalue weighted by Crippen LogP contribution is -2.35. The predicted molar refractivity (Wildman–Crippen MR) is 103 cm³/mol. The molecule has 2 aromatic rings. The van der Waals surface area contributed by atoms with E-state index in [1.54, 1.807) is 11.1 Å². The van der Waals surface area contributed by atoms with Crippen LogP contribution < -0.4 is 0 Å². The average molecular weight is 385 g/mol. The van der Waals surface area contributed by atoms with E-state index in [-0.39, 0.29) is 24.7 Å². The molecule has 0 aromatic carbocycles. The fourth-order valence-electron chi connectivity index (χ4n) is 4.94. The van der Waals surface area contributed by atoms with Crippen molar-refractivity contribution in [1.29, 1.82) is 0 Å². The van der Waals surface area contributed by atoms with Crippen LogP contribution in [0.15, 0.2) is 30.7 Å². The summed E-state index contributed by atoms with van der Waals surface area (Å²) < 4.78 is 1.95. The largest absolute Gasteiger partial charge is 0.481 e. The monoisotopic (exact) mass is 385 g/mol. The maximum Gasteiger partial charge on any atom is 0.303 e. The molecule has 2 atom stereocenters. The van der Waals surface area contributed by atoms with Crippen molar-refractivity contribution >= 4 is 17.5 Å². The lowest BCUT2D eigenvalue weighted by atomic mass is 9.79. The molecule has 0 bridgehead atoms. The molecule has 0 unspecified atom stereocenters. The van der Waals surface area contributed by atoms with E-state index in [4.69, 9.17) is 0 Å². The fourth-order valence-corrected chi connectivity index (χ4v) is 4.94. The summed E-state index contributed by atoms with van der Waals surface area (Å²) in [6.45, 7) is 0.852. The number of aliphatic hydroxyl groups is 1. The number of hydrogen-bond acceptors (Lipinski definition) is 4. The van der Waals surface area contributed by atoms with Gasteiger partial charge in [0.15, 0.2) is 0 Å². The van der Waals surface area contributed by atoms with E-state index in [2.05, 4.69) is 4.98 Å². The van der Waals surface area contributed by atoms with Crippen LogP contribution in [0.2, 0.25) is 0 Å². The van der Waals surface area contributed by atoms with Gasteiger partial charge >= 0.3 is 5.97 Å². The molecule has 1 saturated heterocycles. The summed E-state index contributed by atoms with van der Waals surface area (Å²) >= 11 is 0. The van der Waals surface area contributed by atoms with Gasteiger partial charge in [0.05, 0.1) is 12.5 Å². The summed E-state index contributed by atoms with van der Waals surface area (Å²) in [5.74, 6) is -0.859. The molecule has 2 aliphatic rings. The van der Waals surface area contributed by atoms with Crippen LogP contribution in [0.25, 0.3) is 5.65 Å². The Hall–Kier alpha value is -2.41. The van der Waals surface area contributed by atoms with Crippen LogP contribution in [-0.2, 0) is 16.0 Å². The molecule has 1 amide bonds. The van der Waals surface area contributed by atoms with Crippen molar-refractivity contribution in [1.82, 2.24) is 14.3 Å². The second kappa shape index (κ2) is 7.54. The second-order valence-corrected chi connectivity index (χ2v) is 8.51. The summed E-state index contributed by atoms with van der Waals surface area (Å²) in [6, 6.07) is 3.97. The number of aliphatic hydroxyl groups excluding tert-OH is 1. The quantitative estimate of drug-likeness (QED) is 0.794. The molecule has 7 heteroatoms. The first-order chi connectivity index (χ1) is 13.4. The molecule has 1 aliphatic heterocycles. The van der Waals surface area contributed by atoms with E-state index in [1.165, 1.54) is 0 Å². The van der Waals surface area contributed by atoms with Crippen LogP contribution in [-0.4, -0.2) is 55.6 Å². The van der Waals surface area contributed by atoms with E-state index in [1.807, 2.05) is 28.9 Å². The highest BCUT2D eigenvalue weighted by molar-refractivity contribution is 5.78. The summed E-state index contributed by atoms with van der Waals surface area (Å²) in [5.41, 5.74) is 1.58. The van der Waals surface area contributed by atoms with Crippen molar-refractivity contribution in [3.8, 4) is 0 Å². The minimum Gasteiger partial charge on any atom is -0.481 e. The van der Waals surface area contributed by atoms with E-state index in [9.17, 15) is 19.8 Å². The Labute approximate surface area is 164 Å². The van der Waals surface area contributed by atoms with Crippen LogP contribution in [0.1, 0.15) is 44.1 Å². The Morgan fingerprint density at radius 3 is 2.71 bits per heavy atom. The van der Waals surface area contributed by atoms with Gasteiger partial charge in [-0.15, -0.1) is 0 Å². The molecule has 2 N–H and O–H groups in total. The topological polar surface area (TPSA) is 95.1 Å². The Morgan fingerprint density at radius 2 is 1.96 bits per heavy atom. The first kappa shape index (κ1) is 18.9. The molecule has 150 valence electrons. The number of carbonyl (C=O) groups is 2. The molecule has 3 heterocycles. The van der Waals surface area contributed by atoms with Crippen molar-refractivity contribution < 1.29 is 19.8 Å². The van der Waals surface area contributed by atoms with Crippen molar-refractivity contribution in [2.75, 3.05) is 13.1 Å². The lowest BCUT2D eigenvalue weighted by molar-refractivity contribution is -0.141. The molecule has 7 nitrogen and oxygen atoms in total. The van der Waals surface area contributed by atoms with Crippen molar-refractivity contribution in [3.05, 3.63) is 36.3 Å². The predicted octanol–water partition coefficient (Wildman–Crippen LogP) is 2.12. The number of carboxylic acid groups (broad SMARTS) is 1. The highest BCUT2D eigenvalue weighted by atomic mass is 16.4. The number of imidazole rings is 1. The standard InChI is InChI=1S/C21H27N3O4/c25-17-14-24(19(26)10-21(11-20(27)28)5-1-2-6-21)13-16(17)9-15-3-4-18-22-7-8-23(18)12-15/h3-4,7-8,12,16-17,25H,1-2,5-6,9-11,13-14H2,(H,27,28)/t16-,17+/m0/s1. The Balaban J connectivity index is 1.40. The Bertz CT molecular complexity index is 871. The average Bonchev–Trinajstić information content (AvgIpc) is 3.35. The van der Waals surface area contributed by atoms with Crippen molar-refractivity contribution in [2.45, 2.75) is 51.0 Å². The van der Waals surface area contributed by atoms with Gasteiger partial charge in [0.25, 0.3) is 0 Å². The number of aliphatic carboxylic acids is 1. The summed E-state index contributed by atoms with van der Waals surface area (Å²) in [7, 11) is 0. The number of fused-ring (bicyclic) bond motifs is 1. The third-order valence-electron chi connectivity index (χ3n) is 6.42. The van der Waals surface area contributed by atoms with Crippen LogP contribution in [0.4, 0.5) is 0 Å². The number of amides is 1. The Morgan fingerprint density at radius 1 is 1.18 bits per heavy atom. The van der Waals surface area contributed by atoms with Gasteiger partial charge in [-0.1, -0.05) is 18.9 Å². The number of rotatable bonds is 6. The van der Waals surface area contributed by atoms with Gasteiger partial charge in [-0.2, -0.15) is 0 Å². The smallest absolute Gasteiger partial charge is 0.303 e. The molecule has 28 heavy (non-hydrogen) atoms. The van der Waals surface area contributed by atoms with E-state index >= 15 is 0 Å². The van der Waals surface area contributed by atoms with Crippen LogP contribution in [0, 0.1) is 11.3 Å². The second-order valence-electron chi connectivity index (χ2n) is 8.51. The normalized spacial score (nSPS) is 24.1. The molecule has 4 rings (SSSR count). The van der Waals surface area contributed by atoms with Gasteiger partial charge in [-0.3, -0.25) is 9.59 Å². The first-order valence-corrected chi connectivity index (χ1v) is 10.0. The van der Waals surface area contributed by atoms with Gasteiger partial charge in [0.1, 0.15) is 5.65 Å². The summed E-state index contributed by atoms with van der Waals surface area (Å²) in [4.78, 5) is 30.1. The van der Waals surface area contributed by atoms with E-state index in [0.717, 1.165) is 36.9 Å². The lowest BCUT2D eigenvalue weighted by Gasteiger charge is -2.29. The molecule has 1 aliphatic carbocycles. The maximum absolute atomic E-state index is 12.9. The maximum atomic E-state index is 12.9. The zero-order chi connectivity index (χ0) is 19.7. The van der Waals surface area contributed by atoms with E-state index < -0.39 is 17.5 Å². The number of likely N-dealkylation sites (tertiary alicyclic amines) is 1. The molecule has 2 aromatic heterocycles. The highest BCUT2D eigenvalue weighted by Gasteiger charge is 2.41.